The molecule has 0 spiro atoms. The molecule has 25 heavy (non-hydrogen) atoms. The predicted octanol–water partition coefficient (Wildman–Crippen LogP) is 1.89. The summed E-state index contributed by atoms with van der Waals surface area (Å²) in [5.41, 5.74) is 1.01. The van der Waals surface area contributed by atoms with Crippen LogP contribution in [0, 0.1) is 0 Å². The first kappa shape index (κ1) is 17.5. The normalized spacial score (nSPS) is 14.7. The Kier molecular flexibility index (Phi) is 5.08. The lowest BCUT2D eigenvalue weighted by molar-refractivity contribution is -0.127. The number of likely N-dealkylation sites (tertiary alicyclic amines) is 1. The number of benzene rings is 1. The number of ether oxygens (including phenoxy) is 1. The van der Waals surface area contributed by atoms with E-state index in [9.17, 15) is 13.2 Å². The van der Waals surface area contributed by atoms with Gasteiger partial charge in [-0.3, -0.25) is 4.79 Å². The van der Waals surface area contributed by atoms with Crippen LogP contribution >= 0.6 is 0 Å². The van der Waals surface area contributed by atoms with Gasteiger partial charge in [0, 0.05) is 18.7 Å². The first-order valence-electron chi connectivity index (χ1n) is 8.04. The first-order chi connectivity index (χ1) is 12.0. The summed E-state index contributed by atoms with van der Waals surface area (Å²) in [4.78, 5) is 17.8. The number of nitrogens with zero attached hydrogens (tertiary/aromatic N) is 2. The van der Waals surface area contributed by atoms with E-state index in [0.29, 0.717) is 30.4 Å². The van der Waals surface area contributed by atoms with Gasteiger partial charge in [-0.1, -0.05) is 0 Å². The van der Waals surface area contributed by atoms with Crippen molar-refractivity contribution in [2.75, 3.05) is 26.0 Å². The maximum atomic E-state index is 12.3. The van der Waals surface area contributed by atoms with Crippen molar-refractivity contribution in [1.82, 2.24) is 9.88 Å². The molecular weight excluding hydrogens is 344 g/mol. The molecule has 0 aliphatic carbocycles. The van der Waals surface area contributed by atoms with E-state index >= 15 is 0 Å². The number of carbonyl (C=O) groups is 1. The molecule has 0 saturated carbocycles. The Morgan fingerprint density at radius 3 is 2.56 bits per heavy atom. The minimum Gasteiger partial charge on any atom is -0.497 e. The number of hydrogen-bond donors (Lipinski definition) is 0. The average Bonchev–Trinajstić information content (AvgIpc) is 3.26. The maximum absolute atomic E-state index is 12.3. The molecule has 8 heteroatoms. The zero-order chi connectivity index (χ0) is 17.9. The number of hydrogen-bond acceptors (Lipinski definition) is 6. The molecule has 0 bridgehead atoms. The third-order valence-corrected chi connectivity index (χ3v) is 5.48. The van der Waals surface area contributed by atoms with Crippen LogP contribution in [0.25, 0.3) is 11.5 Å². The molecule has 2 aromatic rings. The van der Waals surface area contributed by atoms with E-state index in [4.69, 9.17) is 9.15 Å². The molecule has 1 saturated heterocycles. The van der Waals surface area contributed by atoms with Crippen molar-refractivity contribution in [1.29, 1.82) is 0 Å². The molecule has 1 amide bonds. The first-order valence-corrected chi connectivity index (χ1v) is 9.86. The van der Waals surface area contributed by atoms with Crippen molar-refractivity contribution in [3.8, 4) is 17.2 Å². The van der Waals surface area contributed by atoms with Gasteiger partial charge in [0.2, 0.25) is 11.8 Å². The van der Waals surface area contributed by atoms with Crippen LogP contribution in [0.5, 0.6) is 5.75 Å². The second-order valence-electron chi connectivity index (χ2n) is 5.99. The summed E-state index contributed by atoms with van der Waals surface area (Å²) in [6.07, 6.45) is 3.18. The topological polar surface area (TPSA) is 89.7 Å². The number of rotatable bonds is 6. The second kappa shape index (κ2) is 7.26. The third-order valence-electron chi connectivity index (χ3n) is 4.06. The zero-order valence-corrected chi connectivity index (χ0v) is 14.8. The highest BCUT2D eigenvalue weighted by molar-refractivity contribution is 7.91. The summed E-state index contributed by atoms with van der Waals surface area (Å²) < 4.78 is 35.0. The van der Waals surface area contributed by atoms with Crippen molar-refractivity contribution >= 4 is 15.7 Å². The standard InChI is InChI=1S/C17H20N2O5S/c1-23-15-6-4-13(5-7-15)17-18-14(10-24-17)11-25(21,22)12-16(20)19-8-2-3-9-19/h4-7,10H,2-3,8-9,11-12H2,1H3. The molecule has 1 aromatic heterocycles. The lowest BCUT2D eigenvalue weighted by atomic mass is 10.2. The van der Waals surface area contributed by atoms with Crippen LogP contribution in [0.4, 0.5) is 0 Å². The van der Waals surface area contributed by atoms with Crippen LogP contribution in [-0.4, -0.2) is 50.2 Å². The number of sulfone groups is 1. The van der Waals surface area contributed by atoms with Crippen molar-refractivity contribution in [3.63, 3.8) is 0 Å². The molecule has 0 radical (unpaired) electrons. The number of aromatic nitrogens is 1. The smallest absolute Gasteiger partial charge is 0.237 e. The van der Waals surface area contributed by atoms with Crippen LogP contribution in [0.1, 0.15) is 18.5 Å². The lowest BCUT2D eigenvalue weighted by Gasteiger charge is -2.14. The highest BCUT2D eigenvalue weighted by Crippen LogP contribution is 2.22. The highest BCUT2D eigenvalue weighted by atomic mass is 32.2. The molecule has 3 rings (SSSR count). The van der Waals surface area contributed by atoms with E-state index in [1.807, 2.05) is 0 Å². The van der Waals surface area contributed by atoms with E-state index in [-0.39, 0.29) is 11.7 Å². The van der Waals surface area contributed by atoms with Crippen molar-refractivity contribution in [2.45, 2.75) is 18.6 Å². The Morgan fingerprint density at radius 1 is 1.24 bits per heavy atom. The molecular formula is C17H20N2O5S. The van der Waals surface area contributed by atoms with Gasteiger partial charge >= 0.3 is 0 Å². The minimum absolute atomic E-state index is 0.292. The fourth-order valence-electron chi connectivity index (χ4n) is 2.76. The van der Waals surface area contributed by atoms with Crippen LogP contribution in [-0.2, 0) is 20.4 Å². The SMILES string of the molecule is COc1ccc(-c2nc(CS(=O)(=O)CC(=O)N3CCCC3)co2)cc1. The molecule has 1 fully saturated rings. The Balaban J connectivity index is 1.66. The summed E-state index contributed by atoms with van der Waals surface area (Å²) in [5, 5.41) is 0. The molecule has 0 atom stereocenters. The average molecular weight is 364 g/mol. The maximum Gasteiger partial charge on any atom is 0.237 e. The van der Waals surface area contributed by atoms with Crippen molar-refractivity contribution < 1.29 is 22.4 Å². The van der Waals surface area contributed by atoms with E-state index in [1.54, 1.807) is 36.3 Å². The summed E-state index contributed by atoms with van der Waals surface area (Å²) in [6.45, 7) is 1.28. The zero-order valence-electron chi connectivity index (χ0n) is 14.0. The Hall–Kier alpha value is -2.35. The van der Waals surface area contributed by atoms with Crippen molar-refractivity contribution in [2.24, 2.45) is 0 Å². The number of oxazole rings is 1. The van der Waals surface area contributed by atoms with Gasteiger partial charge in [0.15, 0.2) is 9.84 Å². The van der Waals surface area contributed by atoms with Gasteiger partial charge in [0.05, 0.1) is 18.6 Å². The molecule has 7 nitrogen and oxygen atoms in total. The van der Waals surface area contributed by atoms with Gasteiger partial charge in [-0.05, 0) is 37.1 Å². The molecule has 1 aliphatic rings. The van der Waals surface area contributed by atoms with Crippen LogP contribution < -0.4 is 4.74 Å². The minimum atomic E-state index is -3.58. The van der Waals surface area contributed by atoms with Gasteiger partial charge < -0.3 is 14.1 Å². The van der Waals surface area contributed by atoms with Gasteiger partial charge in [-0.2, -0.15) is 0 Å². The number of amides is 1. The Labute approximate surface area is 146 Å². The molecule has 0 unspecified atom stereocenters. The molecule has 2 heterocycles. The van der Waals surface area contributed by atoms with E-state index in [2.05, 4.69) is 4.98 Å². The number of methoxy groups -OCH3 is 1. The Bertz CT molecular complexity index is 836. The van der Waals surface area contributed by atoms with Gasteiger partial charge in [0.25, 0.3) is 0 Å². The Morgan fingerprint density at radius 2 is 1.92 bits per heavy atom. The van der Waals surface area contributed by atoms with Crippen LogP contribution in [0.15, 0.2) is 34.9 Å². The fourth-order valence-corrected chi connectivity index (χ4v) is 4.01. The fraction of sp³-hybridized carbons (Fsp3) is 0.412. The second-order valence-corrected chi connectivity index (χ2v) is 8.06. The third kappa shape index (κ3) is 4.39. The molecule has 134 valence electrons. The lowest BCUT2D eigenvalue weighted by Crippen LogP contribution is -2.33. The largest absolute Gasteiger partial charge is 0.497 e. The van der Waals surface area contributed by atoms with E-state index < -0.39 is 15.6 Å². The quantitative estimate of drug-likeness (QED) is 0.777. The van der Waals surface area contributed by atoms with E-state index in [0.717, 1.165) is 18.4 Å². The highest BCUT2D eigenvalue weighted by Gasteiger charge is 2.25. The van der Waals surface area contributed by atoms with E-state index in [1.165, 1.54) is 6.26 Å². The van der Waals surface area contributed by atoms with Gasteiger partial charge in [-0.15, -0.1) is 0 Å². The number of carbonyl (C=O) groups excluding carboxylic acids is 1. The van der Waals surface area contributed by atoms with Gasteiger partial charge in [0.1, 0.15) is 17.8 Å². The monoisotopic (exact) mass is 364 g/mol. The summed E-state index contributed by atoms with van der Waals surface area (Å²) in [6, 6.07) is 7.09. The molecule has 1 aromatic carbocycles. The summed E-state index contributed by atoms with van der Waals surface area (Å²) in [7, 11) is -2.01. The predicted molar refractivity (Wildman–Crippen MR) is 91.8 cm³/mol. The van der Waals surface area contributed by atoms with Gasteiger partial charge in [-0.25, -0.2) is 13.4 Å². The summed E-state index contributed by atoms with van der Waals surface area (Å²) >= 11 is 0. The molecule has 0 N–H and O–H groups in total. The summed E-state index contributed by atoms with van der Waals surface area (Å²) in [5.74, 6) is -0.0992. The van der Waals surface area contributed by atoms with Crippen molar-refractivity contribution in [3.05, 3.63) is 36.2 Å². The van der Waals surface area contributed by atoms with Crippen LogP contribution in [0.2, 0.25) is 0 Å². The molecule has 1 aliphatic heterocycles. The van der Waals surface area contributed by atoms with Crippen LogP contribution in [0.3, 0.4) is 0 Å².